The molecule has 0 aliphatic heterocycles. The predicted octanol–water partition coefficient (Wildman–Crippen LogP) is 2.07. The van der Waals surface area contributed by atoms with E-state index in [4.69, 9.17) is 11.6 Å². The number of halogens is 1. The highest BCUT2D eigenvalue weighted by Gasteiger charge is 1.95. The Bertz CT molecular complexity index is 205. The maximum absolute atomic E-state index is 10.4. The Hall–Kier alpha value is -0.820. The van der Waals surface area contributed by atoms with E-state index in [1.54, 1.807) is 24.3 Å². The molecule has 0 heterocycles. The van der Waals surface area contributed by atoms with Crippen LogP contribution in [-0.2, 0) is 0 Å². The van der Waals surface area contributed by atoms with Gasteiger partial charge in [0.25, 0.3) is 5.24 Å². The Labute approximate surface area is 58.3 Å². The number of hydrogen-bond acceptors (Lipinski definition) is 1. The van der Waals surface area contributed by atoms with Gasteiger partial charge >= 0.3 is 0 Å². The minimum absolute atomic E-state index is 0.407. The van der Waals surface area contributed by atoms with Crippen molar-refractivity contribution in [2.75, 3.05) is 0 Å². The lowest BCUT2D eigenvalue weighted by Gasteiger charge is -1.87. The van der Waals surface area contributed by atoms with Crippen molar-refractivity contribution in [3.05, 3.63) is 35.9 Å². The van der Waals surface area contributed by atoms with E-state index >= 15 is 0 Å². The molecule has 46 valence electrons. The van der Waals surface area contributed by atoms with Gasteiger partial charge in [-0.2, -0.15) is 0 Å². The van der Waals surface area contributed by atoms with Gasteiger partial charge in [-0.1, -0.05) is 30.3 Å². The van der Waals surface area contributed by atoms with Gasteiger partial charge < -0.3 is 0 Å². The third-order valence-corrected chi connectivity index (χ3v) is 1.22. The molecule has 0 radical (unpaired) electrons. The van der Waals surface area contributed by atoms with Gasteiger partial charge in [0.2, 0.25) is 0 Å². The van der Waals surface area contributed by atoms with Crippen LogP contribution < -0.4 is 0 Å². The summed E-state index contributed by atoms with van der Waals surface area (Å²) in [4.78, 5) is 10.4. The molecular formula is C7H5ClO. The minimum atomic E-state index is -0.407. The van der Waals surface area contributed by atoms with Crippen LogP contribution in [0.25, 0.3) is 0 Å². The summed E-state index contributed by atoms with van der Waals surface area (Å²) in [5.41, 5.74) is 0.541. The first-order valence-electron chi connectivity index (χ1n) is 2.55. The fraction of sp³-hybridized carbons (Fsp3) is 0. The SMILES string of the molecule is O=[14C](Cl)c1ccccc1. The maximum atomic E-state index is 10.4. The van der Waals surface area contributed by atoms with Crippen LogP contribution in [0.15, 0.2) is 30.3 Å². The minimum Gasteiger partial charge on any atom is -0.276 e. The molecule has 0 bridgehead atoms. The van der Waals surface area contributed by atoms with Crippen LogP contribution in [0.4, 0.5) is 0 Å². The van der Waals surface area contributed by atoms with Crippen molar-refractivity contribution in [3.63, 3.8) is 0 Å². The summed E-state index contributed by atoms with van der Waals surface area (Å²) in [5, 5.41) is -0.407. The van der Waals surface area contributed by atoms with E-state index < -0.39 is 5.24 Å². The summed E-state index contributed by atoms with van der Waals surface area (Å²) in [7, 11) is 0. The van der Waals surface area contributed by atoms with Gasteiger partial charge in [0.05, 0.1) is 0 Å². The van der Waals surface area contributed by atoms with Crippen molar-refractivity contribution in [3.8, 4) is 0 Å². The lowest BCUT2D eigenvalue weighted by Crippen LogP contribution is -1.84. The molecule has 0 atom stereocenters. The Morgan fingerprint density at radius 3 is 2.11 bits per heavy atom. The van der Waals surface area contributed by atoms with E-state index in [2.05, 4.69) is 0 Å². The topological polar surface area (TPSA) is 17.1 Å². The highest BCUT2D eigenvalue weighted by Crippen LogP contribution is 2.01. The standard InChI is InChI=1S/C7H5ClO/c8-7(9)6-4-2-1-3-5-6/h1-5H/i7+2. The van der Waals surface area contributed by atoms with Crippen LogP contribution in [0.3, 0.4) is 0 Å². The van der Waals surface area contributed by atoms with Gasteiger partial charge in [0.15, 0.2) is 0 Å². The summed E-state index contributed by atoms with van der Waals surface area (Å²) >= 11 is 5.16. The summed E-state index contributed by atoms with van der Waals surface area (Å²) in [5.74, 6) is 0. The molecule has 0 aliphatic rings. The van der Waals surface area contributed by atoms with E-state index in [0.29, 0.717) is 5.56 Å². The smallest absolute Gasteiger partial charge is 0.252 e. The molecule has 0 aliphatic carbocycles. The monoisotopic (exact) mass is 142 g/mol. The van der Waals surface area contributed by atoms with Crippen LogP contribution in [0.2, 0.25) is 0 Å². The van der Waals surface area contributed by atoms with Crippen molar-refractivity contribution in [2.24, 2.45) is 0 Å². The third kappa shape index (κ3) is 1.54. The first kappa shape index (κ1) is 6.30. The molecular weight excluding hydrogens is 138 g/mol. The van der Waals surface area contributed by atoms with Crippen molar-refractivity contribution < 1.29 is 4.79 Å². The number of hydrogen-bond donors (Lipinski definition) is 0. The fourth-order valence-electron chi connectivity index (χ4n) is 0.569. The van der Waals surface area contributed by atoms with Crippen molar-refractivity contribution in [1.29, 1.82) is 0 Å². The molecule has 1 rings (SSSR count). The molecule has 0 saturated carbocycles. The first-order chi connectivity index (χ1) is 4.30. The largest absolute Gasteiger partial charge is 0.276 e. The summed E-state index contributed by atoms with van der Waals surface area (Å²) in [6.45, 7) is 0. The Kier molecular flexibility index (Phi) is 1.85. The van der Waals surface area contributed by atoms with E-state index in [1.807, 2.05) is 6.07 Å². The van der Waals surface area contributed by atoms with Gasteiger partial charge in [-0.05, 0) is 11.6 Å². The van der Waals surface area contributed by atoms with Crippen LogP contribution in [0.5, 0.6) is 0 Å². The van der Waals surface area contributed by atoms with E-state index in [9.17, 15) is 4.79 Å². The number of carbonyl (C=O) groups is 1. The van der Waals surface area contributed by atoms with Gasteiger partial charge in [-0.25, -0.2) is 0 Å². The summed E-state index contributed by atoms with van der Waals surface area (Å²) in [6.07, 6.45) is 0. The van der Waals surface area contributed by atoms with E-state index in [1.165, 1.54) is 0 Å². The second-order valence-electron chi connectivity index (χ2n) is 1.64. The highest BCUT2D eigenvalue weighted by molar-refractivity contribution is 6.67. The van der Waals surface area contributed by atoms with Gasteiger partial charge in [0.1, 0.15) is 0 Å². The normalized spacial score (nSPS) is 9.00. The highest BCUT2D eigenvalue weighted by atomic mass is 35.5. The average Bonchev–Trinajstić information content (AvgIpc) is 1.90. The molecule has 0 N–H and O–H groups in total. The molecule has 0 spiro atoms. The Balaban J connectivity index is 2.98. The van der Waals surface area contributed by atoms with E-state index in [0.717, 1.165) is 0 Å². The Morgan fingerprint density at radius 2 is 1.78 bits per heavy atom. The molecule has 0 amide bonds. The number of rotatable bonds is 1. The molecule has 9 heavy (non-hydrogen) atoms. The molecule has 1 nitrogen and oxygen atoms in total. The number of benzene rings is 1. The third-order valence-electron chi connectivity index (χ3n) is 1.00. The molecule has 1 aromatic rings. The predicted molar refractivity (Wildman–Crippen MR) is 36.6 cm³/mol. The zero-order chi connectivity index (χ0) is 6.69. The van der Waals surface area contributed by atoms with Crippen molar-refractivity contribution in [1.82, 2.24) is 0 Å². The molecule has 1 aromatic carbocycles. The molecule has 0 fully saturated rings. The molecule has 0 unspecified atom stereocenters. The summed E-state index contributed by atoms with van der Waals surface area (Å²) < 4.78 is 0. The quantitative estimate of drug-likeness (QED) is 0.549. The lowest BCUT2D eigenvalue weighted by atomic mass is 10.3. The van der Waals surface area contributed by atoms with Gasteiger partial charge in [-0.15, -0.1) is 0 Å². The van der Waals surface area contributed by atoms with E-state index in [-0.39, 0.29) is 0 Å². The summed E-state index contributed by atoms with van der Waals surface area (Å²) in [6, 6.07) is 8.74. The van der Waals surface area contributed by atoms with Gasteiger partial charge in [0, 0.05) is 5.56 Å². The second-order valence-corrected chi connectivity index (χ2v) is 1.98. The average molecular weight is 143 g/mol. The fourth-order valence-corrected chi connectivity index (χ4v) is 0.695. The molecule has 0 saturated heterocycles. The van der Waals surface area contributed by atoms with Gasteiger partial charge in [-0.3, -0.25) is 4.79 Å². The van der Waals surface area contributed by atoms with Crippen LogP contribution >= 0.6 is 11.6 Å². The first-order valence-corrected chi connectivity index (χ1v) is 2.93. The zero-order valence-electron chi connectivity index (χ0n) is 4.67. The maximum Gasteiger partial charge on any atom is 0.252 e. The van der Waals surface area contributed by atoms with Crippen LogP contribution in [-0.4, -0.2) is 5.24 Å². The zero-order valence-corrected chi connectivity index (χ0v) is 5.43. The van der Waals surface area contributed by atoms with Crippen molar-refractivity contribution >= 4 is 16.8 Å². The molecule has 0 aromatic heterocycles. The number of carbonyl (C=O) groups excluding carboxylic acids is 1. The van der Waals surface area contributed by atoms with Crippen molar-refractivity contribution in [2.45, 2.75) is 0 Å². The molecule has 2 heteroatoms. The lowest BCUT2D eigenvalue weighted by molar-refractivity contribution is 0.108. The van der Waals surface area contributed by atoms with Crippen LogP contribution in [0.1, 0.15) is 10.4 Å². The Morgan fingerprint density at radius 1 is 1.22 bits per heavy atom. The second kappa shape index (κ2) is 2.65. The van der Waals surface area contributed by atoms with Crippen LogP contribution in [0, 0.1) is 0 Å².